The van der Waals surface area contributed by atoms with E-state index in [1.54, 1.807) is 36.9 Å². The monoisotopic (exact) mass is 618 g/mol. The summed E-state index contributed by atoms with van der Waals surface area (Å²) >= 11 is 6.70. The topological polar surface area (TPSA) is 199 Å². The SMILES string of the molecule is Nc1ncc([C@@H]2[C@@H](CNC(=O)c3cc(Br)c[nH]3)[C@H](CNC(=O)c3cc(Br)c[nH]3)[C@H]2c2cnc(N)[nH]2)[nH]1. The Labute approximate surface area is 222 Å². The van der Waals surface area contributed by atoms with Gasteiger partial charge in [0, 0.05) is 57.7 Å². The molecule has 0 unspecified atom stereocenters. The molecule has 4 aromatic rings. The largest absolute Gasteiger partial charge is 0.369 e. The van der Waals surface area contributed by atoms with E-state index in [4.69, 9.17) is 11.5 Å². The lowest BCUT2D eigenvalue weighted by Crippen LogP contribution is -2.53. The Bertz CT molecular complexity index is 1280. The molecule has 0 bridgehead atoms. The van der Waals surface area contributed by atoms with Gasteiger partial charge >= 0.3 is 0 Å². The van der Waals surface area contributed by atoms with Crippen molar-refractivity contribution in [2.75, 3.05) is 24.6 Å². The number of rotatable bonds is 8. The van der Waals surface area contributed by atoms with E-state index in [-0.39, 0.29) is 35.5 Å². The Hall–Kier alpha value is -3.52. The lowest BCUT2D eigenvalue weighted by atomic mass is 9.54. The van der Waals surface area contributed by atoms with Gasteiger partial charge in [0.05, 0.1) is 12.4 Å². The van der Waals surface area contributed by atoms with E-state index in [9.17, 15) is 9.59 Å². The number of nitrogen functional groups attached to an aromatic ring is 2. The Balaban J connectivity index is 1.40. The summed E-state index contributed by atoms with van der Waals surface area (Å²) in [5, 5.41) is 6.04. The molecule has 36 heavy (non-hydrogen) atoms. The van der Waals surface area contributed by atoms with Crippen LogP contribution >= 0.6 is 31.9 Å². The number of aromatic nitrogens is 6. The number of halogens is 2. The molecule has 1 aliphatic carbocycles. The quantitative estimate of drug-likeness (QED) is 0.149. The first-order chi connectivity index (χ1) is 17.3. The molecule has 2 amide bonds. The minimum atomic E-state index is -0.225. The minimum Gasteiger partial charge on any atom is -0.369 e. The molecule has 10 N–H and O–H groups in total. The minimum absolute atomic E-state index is 0.0441. The number of aromatic amines is 4. The molecular weight excluding hydrogens is 596 g/mol. The first-order valence-electron chi connectivity index (χ1n) is 11.1. The predicted molar refractivity (Wildman–Crippen MR) is 140 cm³/mol. The van der Waals surface area contributed by atoms with E-state index < -0.39 is 0 Å². The van der Waals surface area contributed by atoms with Gasteiger partial charge in [0.1, 0.15) is 11.4 Å². The number of amides is 2. The predicted octanol–water partition coefficient (Wildman–Crippen LogP) is 2.45. The Morgan fingerprint density at radius 2 is 1.22 bits per heavy atom. The van der Waals surface area contributed by atoms with Crippen LogP contribution < -0.4 is 22.1 Å². The molecule has 0 aromatic carbocycles. The smallest absolute Gasteiger partial charge is 0.267 e. The summed E-state index contributed by atoms with van der Waals surface area (Å²) in [7, 11) is 0. The Morgan fingerprint density at radius 1 is 0.806 bits per heavy atom. The molecule has 4 atom stereocenters. The Kier molecular flexibility index (Phi) is 6.62. The molecule has 0 saturated heterocycles. The van der Waals surface area contributed by atoms with Crippen LogP contribution in [0, 0.1) is 11.8 Å². The van der Waals surface area contributed by atoms with E-state index in [0.717, 1.165) is 20.3 Å². The highest BCUT2D eigenvalue weighted by Gasteiger charge is 2.53. The summed E-state index contributed by atoms with van der Waals surface area (Å²) in [6, 6.07) is 3.43. The molecule has 0 aliphatic heterocycles. The first kappa shape index (κ1) is 24.2. The van der Waals surface area contributed by atoms with E-state index in [1.165, 1.54) is 0 Å². The van der Waals surface area contributed by atoms with Crippen molar-refractivity contribution in [1.29, 1.82) is 0 Å². The van der Waals surface area contributed by atoms with Crippen LogP contribution in [0.5, 0.6) is 0 Å². The van der Waals surface area contributed by atoms with Crippen molar-refractivity contribution < 1.29 is 9.59 Å². The van der Waals surface area contributed by atoms with Gasteiger partial charge in [-0.25, -0.2) is 9.97 Å². The number of carbonyl (C=O) groups is 2. The highest BCUT2D eigenvalue weighted by atomic mass is 79.9. The molecule has 0 spiro atoms. The van der Waals surface area contributed by atoms with E-state index in [1.807, 2.05) is 0 Å². The molecule has 5 rings (SSSR count). The Morgan fingerprint density at radius 3 is 1.53 bits per heavy atom. The normalized spacial score (nSPS) is 21.2. The van der Waals surface area contributed by atoms with Gasteiger partial charge in [-0.3, -0.25) is 9.59 Å². The fraction of sp³-hybridized carbons (Fsp3) is 0.273. The number of nitrogens with two attached hydrogens (primary N) is 2. The molecule has 12 nitrogen and oxygen atoms in total. The van der Waals surface area contributed by atoms with Crippen LogP contribution in [-0.2, 0) is 0 Å². The average molecular weight is 620 g/mol. The van der Waals surface area contributed by atoms with Gasteiger partial charge in [0.25, 0.3) is 11.8 Å². The number of H-pyrrole nitrogens is 4. The van der Waals surface area contributed by atoms with Crippen LogP contribution in [0.25, 0.3) is 0 Å². The zero-order valence-corrected chi connectivity index (χ0v) is 22.0. The van der Waals surface area contributed by atoms with Crippen LogP contribution in [0.3, 0.4) is 0 Å². The number of carbonyl (C=O) groups excluding carboxylic acids is 2. The number of nitrogens with zero attached hydrogens (tertiary/aromatic N) is 2. The van der Waals surface area contributed by atoms with Crippen LogP contribution in [0.4, 0.5) is 11.9 Å². The molecule has 1 saturated carbocycles. The zero-order valence-electron chi connectivity index (χ0n) is 18.8. The third-order valence-corrected chi connectivity index (χ3v) is 7.51. The molecule has 14 heteroatoms. The summed E-state index contributed by atoms with van der Waals surface area (Å²) in [6.45, 7) is 0.738. The second-order valence-electron chi connectivity index (χ2n) is 8.71. The van der Waals surface area contributed by atoms with E-state index in [2.05, 4.69) is 72.4 Å². The standard InChI is InChI=1S/C22H24Br2N10O2/c23-9-1-13(27-3-9)19(35)29-5-11-12(6-30-20(36)14-2-10(24)4-28-14)18(16-8-32-22(26)34-16)17(11)15-7-31-21(25)33-15/h1-4,7-8,11-12,17-18,27-28H,5-6H2,(H,29,35)(H,30,36)(H3,25,31,33)(H3,26,32,34)/t11-,12-,17-,18-/m0/s1. The average Bonchev–Trinajstić information content (AvgIpc) is 3.63. The van der Waals surface area contributed by atoms with E-state index in [0.29, 0.717) is 36.4 Å². The first-order valence-corrected chi connectivity index (χ1v) is 12.7. The molecule has 4 aromatic heterocycles. The molecule has 188 valence electrons. The maximum atomic E-state index is 12.8. The third kappa shape index (κ3) is 4.78. The highest BCUT2D eigenvalue weighted by molar-refractivity contribution is 9.10. The lowest BCUT2D eigenvalue weighted by molar-refractivity contribution is 0.0674. The number of imidazole rings is 2. The van der Waals surface area contributed by atoms with Gasteiger partial charge in [-0.15, -0.1) is 0 Å². The van der Waals surface area contributed by atoms with Crippen molar-refractivity contribution in [2.45, 2.75) is 11.8 Å². The van der Waals surface area contributed by atoms with Crippen molar-refractivity contribution in [2.24, 2.45) is 11.8 Å². The van der Waals surface area contributed by atoms with Crippen LogP contribution in [-0.4, -0.2) is 54.8 Å². The fourth-order valence-electron chi connectivity index (χ4n) is 4.98. The summed E-state index contributed by atoms with van der Waals surface area (Å²) in [6.07, 6.45) is 6.80. The third-order valence-electron chi connectivity index (χ3n) is 6.59. The van der Waals surface area contributed by atoms with Gasteiger partial charge in [-0.1, -0.05) is 0 Å². The van der Waals surface area contributed by atoms with Gasteiger partial charge < -0.3 is 42.0 Å². The molecular formula is C22H24Br2N10O2. The maximum absolute atomic E-state index is 12.8. The van der Waals surface area contributed by atoms with Crippen LogP contribution in [0.15, 0.2) is 45.9 Å². The molecule has 4 heterocycles. The molecule has 0 radical (unpaired) electrons. The fourth-order valence-corrected chi connectivity index (χ4v) is 5.66. The summed E-state index contributed by atoms with van der Waals surface area (Å²) in [5.41, 5.74) is 14.3. The van der Waals surface area contributed by atoms with Crippen molar-refractivity contribution >= 4 is 55.6 Å². The van der Waals surface area contributed by atoms with Crippen molar-refractivity contribution in [1.82, 2.24) is 40.5 Å². The summed E-state index contributed by atoms with van der Waals surface area (Å²) < 4.78 is 1.58. The molecule has 1 aliphatic rings. The van der Waals surface area contributed by atoms with Crippen molar-refractivity contribution in [3.63, 3.8) is 0 Å². The van der Waals surface area contributed by atoms with Gasteiger partial charge in [0.15, 0.2) is 11.9 Å². The zero-order chi connectivity index (χ0) is 25.4. The second kappa shape index (κ2) is 9.85. The highest BCUT2D eigenvalue weighted by Crippen LogP contribution is 2.56. The van der Waals surface area contributed by atoms with Crippen LogP contribution in [0.2, 0.25) is 0 Å². The lowest BCUT2D eigenvalue weighted by Gasteiger charge is -2.51. The maximum Gasteiger partial charge on any atom is 0.267 e. The summed E-state index contributed by atoms with van der Waals surface area (Å²) in [4.78, 5) is 46.0. The second-order valence-corrected chi connectivity index (χ2v) is 10.5. The number of anilines is 2. The van der Waals surface area contributed by atoms with Gasteiger partial charge in [-0.05, 0) is 55.8 Å². The summed E-state index contributed by atoms with van der Waals surface area (Å²) in [5.74, 6) is -0.0795. The van der Waals surface area contributed by atoms with Gasteiger partial charge in [0.2, 0.25) is 0 Å². The number of hydrogen-bond donors (Lipinski definition) is 8. The van der Waals surface area contributed by atoms with E-state index >= 15 is 0 Å². The van der Waals surface area contributed by atoms with Crippen LogP contribution in [0.1, 0.15) is 44.2 Å². The van der Waals surface area contributed by atoms with Crippen molar-refractivity contribution in [3.05, 3.63) is 68.6 Å². The number of hydrogen-bond acceptors (Lipinski definition) is 6. The molecule has 1 fully saturated rings. The number of nitrogens with one attached hydrogen (secondary N) is 6. The van der Waals surface area contributed by atoms with Crippen molar-refractivity contribution in [3.8, 4) is 0 Å². The van der Waals surface area contributed by atoms with Gasteiger partial charge in [-0.2, -0.15) is 0 Å².